The fourth-order valence-corrected chi connectivity index (χ4v) is 1.72. The molecule has 1 aromatic carbocycles. The van der Waals surface area contributed by atoms with Crippen LogP contribution in [0.15, 0.2) is 30.6 Å². The number of nitrogens with zero attached hydrogens (tertiary/aromatic N) is 2. The van der Waals surface area contributed by atoms with Crippen molar-refractivity contribution in [3.63, 3.8) is 0 Å². The van der Waals surface area contributed by atoms with Gasteiger partial charge in [0.05, 0.1) is 6.61 Å². The highest BCUT2D eigenvalue weighted by Gasteiger charge is 2.07. The van der Waals surface area contributed by atoms with Gasteiger partial charge in [-0.3, -0.25) is 0 Å². The van der Waals surface area contributed by atoms with Crippen LogP contribution < -0.4 is 4.74 Å². The zero-order valence-corrected chi connectivity index (χ0v) is 10.9. The second-order valence-electron chi connectivity index (χ2n) is 3.50. The molecule has 90 valence electrons. The van der Waals surface area contributed by atoms with Gasteiger partial charge in [-0.2, -0.15) is 0 Å². The predicted molar refractivity (Wildman–Crippen MR) is 67.5 cm³/mol. The number of hydrogen-bond donors (Lipinski definition) is 0. The number of aromatic nitrogens is 2. The molecule has 0 atom stereocenters. The fourth-order valence-electron chi connectivity index (χ4n) is 1.56. The maximum Gasteiger partial charge on any atom is 0.167 e. The second-order valence-corrected chi connectivity index (χ2v) is 4.29. The molecule has 1 heterocycles. The van der Waals surface area contributed by atoms with E-state index in [0.29, 0.717) is 11.9 Å². The van der Waals surface area contributed by atoms with E-state index < -0.39 is 0 Å². The van der Waals surface area contributed by atoms with E-state index >= 15 is 0 Å². The Kier molecular flexibility index (Phi) is 3.78. The molecular formula is C12H12BrFN2O. The maximum absolute atomic E-state index is 13.7. The quantitative estimate of drug-likeness (QED) is 0.811. The molecule has 0 N–H and O–H groups in total. The van der Waals surface area contributed by atoms with E-state index in [1.54, 1.807) is 24.5 Å². The molecule has 17 heavy (non-hydrogen) atoms. The summed E-state index contributed by atoms with van der Waals surface area (Å²) in [7, 11) is 0. The Morgan fingerprint density at radius 3 is 2.88 bits per heavy atom. The van der Waals surface area contributed by atoms with Gasteiger partial charge in [-0.1, -0.05) is 15.9 Å². The minimum absolute atomic E-state index is 0.269. The fraction of sp³-hybridized carbons (Fsp3) is 0.250. The van der Waals surface area contributed by atoms with Gasteiger partial charge in [-0.15, -0.1) is 0 Å². The highest BCUT2D eigenvalue weighted by molar-refractivity contribution is 9.09. The number of benzene rings is 1. The van der Waals surface area contributed by atoms with Gasteiger partial charge in [0.15, 0.2) is 11.6 Å². The van der Waals surface area contributed by atoms with Crippen LogP contribution in [0.4, 0.5) is 4.39 Å². The van der Waals surface area contributed by atoms with Crippen LogP contribution in [-0.4, -0.2) is 21.5 Å². The molecule has 0 aliphatic heterocycles. The van der Waals surface area contributed by atoms with E-state index in [1.807, 2.05) is 11.5 Å². The lowest BCUT2D eigenvalue weighted by atomic mass is 10.3. The molecule has 0 amide bonds. The normalized spacial score (nSPS) is 10.5. The summed E-state index contributed by atoms with van der Waals surface area (Å²) in [5.41, 5.74) is 0.740. The molecule has 0 unspecified atom stereocenters. The van der Waals surface area contributed by atoms with E-state index in [2.05, 4.69) is 20.9 Å². The Morgan fingerprint density at radius 1 is 1.47 bits per heavy atom. The number of halogens is 2. The monoisotopic (exact) mass is 298 g/mol. The third-order valence-corrected chi connectivity index (χ3v) is 2.68. The van der Waals surface area contributed by atoms with E-state index in [9.17, 15) is 4.39 Å². The van der Waals surface area contributed by atoms with Gasteiger partial charge >= 0.3 is 0 Å². The number of aryl methyl sites for hydroxylation is 1. The Labute approximate surface area is 107 Å². The molecule has 1 aromatic heterocycles. The molecular weight excluding hydrogens is 287 g/mol. The number of rotatable bonds is 4. The summed E-state index contributed by atoms with van der Waals surface area (Å²) >= 11 is 3.23. The van der Waals surface area contributed by atoms with Crippen molar-refractivity contribution < 1.29 is 9.13 Å². The molecule has 0 saturated heterocycles. The lowest BCUT2D eigenvalue weighted by Crippen LogP contribution is -2.01. The predicted octanol–water partition coefficient (Wildman–Crippen LogP) is 3.09. The third kappa shape index (κ3) is 2.66. The van der Waals surface area contributed by atoms with Crippen molar-refractivity contribution in [1.82, 2.24) is 9.55 Å². The smallest absolute Gasteiger partial charge is 0.167 e. The molecule has 0 aliphatic carbocycles. The first-order valence-corrected chi connectivity index (χ1v) is 6.33. The highest BCUT2D eigenvalue weighted by Crippen LogP contribution is 2.21. The lowest BCUT2D eigenvalue weighted by Gasteiger charge is -2.09. The third-order valence-electron chi connectivity index (χ3n) is 2.35. The summed E-state index contributed by atoms with van der Waals surface area (Å²) in [6.07, 6.45) is 3.48. The molecule has 0 radical (unpaired) electrons. The zero-order valence-electron chi connectivity index (χ0n) is 9.36. The molecule has 0 fully saturated rings. The first-order chi connectivity index (χ1) is 8.22. The van der Waals surface area contributed by atoms with Crippen LogP contribution >= 0.6 is 15.9 Å². The minimum atomic E-state index is -0.364. The van der Waals surface area contributed by atoms with Crippen molar-refractivity contribution in [2.75, 3.05) is 11.9 Å². The van der Waals surface area contributed by atoms with E-state index in [0.717, 1.165) is 11.5 Å². The molecule has 3 nitrogen and oxygen atoms in total. The van der Waals surface area contributed by atoms with Crippen molar-refractivity contribution in [3.05, 3.63) is 42.2 Å². The summed E-state index contributed by atoms with van der Waals surface area (Å²) in [6.45, 7) is 2.31. The summed E-state index contributed by atoms with van der Waals surface area (Å²) in [6, 6.07) is 4.88. The molecule has 0 aliphatic rings. The number of alkyl halides is 1. The number of hydrogen-bond acceptors (Lipinski definition) is 2. The summed E-state index contributed by atoms with van der Waals surface area (Å²) in [4.78, 5) is 4.10. The van der Waals surface area contributed by atoms with E-state index in [-0.39, 0.29) is 11.6 Å². The van der Waals surface area contributed by atoms with Crippen LogP contribution in [0, 0.1) is 12.7 Å². The second kappa shape index (κ2) is 5.31. The first-order valence-electron chi connectivity index (χ1n) is 5.21. The summed E-state index contributed by atoms with van der Waals surface area (Å²) < 4.78 is 20.8. The zero-order chi connectivity index (χ0) is 12.3. The molecule has 0 spiro atoms. The Bertz CT molecular complexity index is 513. The van der Waals surface area contributed by atoms with Crippen LogP contribution in [0.5, 0.6) is 5.75 Å². The maximum atomic E-state index is 13.7. The topological polar surface area (TPSA) is 27.1 Å². The highest BCUT2D eigenvalue weighted by atomic mass is 79.9. The van der Waals surface area contributed by atoms with Crippen molar-refractivity contribution in [2.45, 2.75) is 6.92 Å². The van der Waals surface area contributed by atoms with Crippen LogP contribution in [0.1, 0.15) is 5.82 Å². The van der Waals surface area contributed by atoms with E-state index in [1.165, 1.54) is 6.07 Å². The van der Waals surface area contributed by atoms with Crippen molar-refractivity contribution in [1.29, 1.82) is 0 Å². The van der Waals surface area contributed by atoms with E-state index in [4.69, 9.17) is 4.74 Å². The number of ether oxygens (including phenoxy) is 1. The van der Waals surface area contributed by atoms with Crippen molar-refractivity contribution in [2.24, 2.45) is 0 Å². The Morgan fingerprint density at radius 2 is 2.29 bits per heavy atom. The molecule has 0 saturated carbocycles. The van der Waals surface area contributed by atoms with Gasteiger partial charge in [0.25, 0.3) is 0 Å². The standard InChI is InChI=1S/C12H12BrFN2O/c1-9-15-5-6-16(9)10-2-3-12(11(14)8-10)17-7-4-13/h2-3,5-6,8H,4,7H2,1H3. The summed E-state index contributed by atoms with van der Waals surface area (Å²) in [5.74, 6) is 0.723. The number of imidazole rings is 1. The van der Waals surface area contributed by atoms with Crippen LogP contribution in [-0.2, 0) is 0 Å². The van der Waals surface area contributed by atoms with Crippen LogP contribution in [0.3, 0.4) is 0 Å². The van der Waals surface area contributed by atoms with Gasteiger partial charge in [0.2, 0.25) is 0 Å². The Hall–Kier alpha value is -1.36. The first kappa shape index (κ1) is 12.1. The van der Waals surface area contributed by atoms with Gasteiger partial charge in [-0.25, -0.2) is 9.37 Å². The molecule has 5 heteroatoms. The van der Waals surface area contributed by atoms with Crippen molar-refractivity contribution >= 4 is 15.9 Å². The molecule has 2 aromatic rings. The van der Waals surface area contributed by atoms with Crippen LogP contribution in [0.2, 0.25) is 0 Å². The Balaban J connectivity index is 2.28. The van der Waals surface area contributed by atoms with Gasteiger partial charge in [0.1, 0.15) is 5.82 Å². The molecule has 2 rings (SSSR count). The summed E-state index contributed by atoms with van der Waals surface area (Å²) in [5, 5.41) is 0.675. The largest absolute Gasteiger partial charge is 0.490 e. The molecule has 0 bridgehead atoms. The SMILES string of the molecule is Cc1nccn1-c1ccc(OCCBr)c(F)c1. The van der Waals surface area contributed by atoms with Crippen LogP contribution in [0.25, 0.3) is 5.69 Å². The van der Waals surface area contributed by atoms with Gasteiger partial charge in [-0.05, 0) is 19.1 Å². The van der Waals surface area contributed by atoms with Gasteiger partial charge < -0.3 is 9.30 Å². The minimum Gasteiger partial charge on any atom is -0.490 e. The average Bonchev–Trinajstić information content (AvgIpc) is 2.74. The van der Waals surface area contributed by atoms with Gasteiger partial charge in [0, 0.05) is 29.5 Å². The van der Waals surface area contributed by atoms with Crippen molar-refractivity contribution in [3.8, 4) is 11.4 Å². The average molecular weight is 299 g/mol. The lowest BCUT2D eigenvalue weighted by molar-refractivity contribution is 0.326.